The first-order valence-electron chi connectivity index (χ1n) is 6.88. The summed E-state index contributed by atoms with van der Waals surface area (Å²) in [7, 11) is 3.32. The summed E-state index contributed by atoms with van der Waals surface area (Å²) < 4.78 is 4.67. The Bertz CT molecular complexity index is 548. The summed E-state index contributed by atoms with van der Waals surface area (Å²) in [5.41, 5.74) is 0.802. The van der Waals surface area contributed by atoms with Crippen molar-refractivity contribution >= 4 is 29.2 Å². The zero-order valence-corrected chi connectivity index (χ0v) is 12.9. The zero-order valence-electron chi connectivity index (χ0n) is 12.2. The SMILES string of the molecule is COC(=O)c1ccc(Cl)c(NC(=O)[C@H]2CCCN(C)C2)c1. The van der Waals surface area contributed by atoms with Gasteiger partial charge in [0.2, 0.25) is 5.91 Å². The first-order valence-corrected chi connectivity index (χ1v) is 7.26. The Kier molecular flexibility index (Phi) is 5.20. The molecule has 1 heterocycles. The molecule has 1 saturated heterocycles. The van der Waals surface area contributed by atoms with Crippen molar-refractivity contribution in [1.29, 1.82) is 0 Å². The molecule has 1 aliphatic rings. The standard InChI is InChI=1S/C15H19ClN2O3/c1-18-7-3-4-11(9-18)14(19)17-13-8-10(15(20)21-2)5-6-12(13)16/h5-6,8,11H,3-4,7,9H2,1-2H3,(H,17,19)/t11-/m0/s1. The predicted molar refractivity (Wildman–Crippen MR) is 81.6 cm³/mol. The van der Waals surface area contributed by atoms with Crippen LogP contribution in [-0.4, -0.2) is 44.0 Å². The van der Waals surface area contributed by atoms with Gasteiger partial charge in [-0.1, -0.05) is 11.6 Å². The first kappa shape index (κ1) is 15.8. The molecule has 114 valence electrons. The fourth-order valence-electron chi connectivity index (χ4n) is 2.48. The molecule has 6 heteroatoms. The number of piperidine rings is 1. The van der Waals surface area contributed by atoms with E-state index in [4.69, 9.17) is 11.6 Å². The molecule has 0 unspecified atom stereocenters. The third kappa shape index (κ3) is 3.95. The highest BCUT2D eigenvalue weighted by molar-refractivity contribution is 6.33. The minimum absolute atomic E-state index is 0.0541. The lowest BCUT2D eigenvalue weighted by atomic mass is 9.97. The number of methoxy groups -OCH3 is 1. The van der Waals surface area contributed by atoms with E-state index >= 15 is 0 Å². The highest BCUT2D eigenvalue weighted by atomic mass is 35.5. The van der Waals surface area contributed by atoms with E-state index in [-0.39, 0.29) is 11.8 Å². The average Bonchev–Trinajstić information content (AvgIpc) is 2.48. The van der Waals surface area contributed by atoms with Gasteiger partial charge in [-0.2, -0.15) is 0 Å². The molecule has 0 bridgehead atoms. The number of likely N-dealkylation sites (tertiary alicyclic amines) is 1. The molecule has 5 nitrogen and oxygen atoms in total. The van der Waals surface area contributed by atoms with Crippen LogP contribution < -0.4 is 5.32 Å². The maximum atomic E-state index is 12.3. The van der Waals surface area contributed by atoms with Gasteiger partial charge in [0.05, 0.1) is 29.3 Å². The third-order valence-corrected chi connectivity index (χ3v) is 3.97. The summed E-state index contributed by atoms with van der Waals surface area (Å²) in [6.07, 6.45) is 1.87. The lowest BCUT2D eigenvalue weighted by molar-refractivity contribution is -0.121. The molecule has 1 atom stereocenters. The van der Waals surface area contributed by atoms with Crippen LogP contribution in [-0.2, 0) is 9.53 Å². The molecule has 0 aliphatic carbocycles. The largest absolute Gasteiger partial charge is 0.465 e. The smallest absolute Gasteiger partial charge is 0.337 e. The third-order valence-electron chi connectivity index (χ3n) is 3.64. The van der Waals surface area contributed by atoms with Gasteiger partial charge in [-0.05, 0) is 44.6 Å². The van der Waals surface area contributed by atoms with E-state index in [0.29, 0.717) is 16.3 Å². The van der Waals surface area contributed by atoms with Crippen molar-refractivity contribution in [2.24, 2.45) is 5.92 Å². The van der Waals surface area contributed by atoms with Crippen molar-refractivity contribution in [2.75, 3.05) is 32.6 Å². The van der Waals surface area contributed by atoms with E-state index in [1.54, 1.807) is 18.2 Å². The minimum atomic E-state index is -0.459. The number of rotatable bonds is 3. The number of carbonyl (C=O) groups excluding carboxylic acids is 2. The normalized spacial score (nSPS) is 19.1. The summed E-state index contributed by atoms with van der Waals surface area (Å²) >= 11 is 6.08. The van der Waals surface area contributed by atoms with Gasteiger partial charge in [0, 0.05) is 6.54 Å². The fourth-order valence-corrected chi connectivity index (χ4v) is 2.65. The molecule has 1 aromatic carbocycles. The zero-order chi connectivity index (χ0) is 15.4. The Balaban J connectivity index is 2.11. The van der Waals surface area contributed by atoms with Crippen LogP contribution in [0.4, 0.5) is 5.69 Å². The molecule has 21 heavy (non-hydrogen) atoms. The molecule has 0 radical (unpaired) electrons. The molecule has 1 fully saturated rings. The number of ether oxygens (including phenoxy) is 1. The molecule has 1 N–H and O–H groups in total. The van der Waals surface area contributed by atoms with Gasteiger partial charge in [-0.15, -0.1) is 0 Å². The van der Waals surface area contributed by atoms with Crippen LogP contribution in [0.5, 0.6) is 0 Å². The lowest BCUT2D eigenvalue weighted by Crippen LogP contribution is -2.38. The molecule has 0 aromatic heterocycles. The van der Waals surface area contributed by atoms with Crippen LogP contribution in [0.3, 0.4) is 0 Å². The number of benzene rings is 1. The minimum Gasteiger partial charge on any atom is -0.465 e. The Labute approximate surface area is 129 Å². The molecule has 1 aliphatic heterocycles. The number of nitrogens with one attached hydrogen (secondary N) is 1. The topological polar surface area (TPSA) is 58.6 Å². The van der Waals surface area contributed by atoms with Crippen LogP contribution in [0, 0.1) is 5.92 Å². The van der Waals surface area contributed by atoms with Crippen LogP contribution in [0.2, 0.25) is 5.02 Å². The summed E-state index contributed by atoms with van der Waals surface area (Å²) in [5.74, 6) is -0.577. The second-order valence-corrected chi connectivity index (χ2v) is 5.68. The molecule has 1 amide bonds. The number of esters is 1. The summed E-state index contributed by atoms with van der Waals surface area (Å²) in [4.78, 5) is 26.0. The molecular weight excluding hydrogens is 292 g/mol. The fraction of sp³-hybridized carbons (Fsp3) is 0.467. The highest BCUT2D eigenvalue weighted by Gasteiger charge is 2.24. The van der Waals surface area contributed by atoms with Crippen molar-refractivity contribution in [3.05, 3.63) is 28.8 Å². The van der Waals surface area contributed by atoms with Gasteiger partial charge in [-0.3, -0.25) is 4.79 Å². The maximum Gasteiger partial charge on any atom is 0.337 e. The van der Waals surface area contributed by atoms with Crippen molar-refractivity contribution in [2.45, 2.75) is 12.8 Å². The van der Waals surface area contributed by atoms with E-state index in [9.17, 15) is 9.59 Å². The number of carbonyl (C=O) groups is 2. The second-order valence-electron chi connectivity index (χ2n) is 5.28. The molecular formula is C15H19ClN2O3. The maximum absolute atomic E-state index is 12.3. The highest BCUT2D eigenvalue weighted by Crippen LogP contribution is 2.25. The van der Waals surface area contributed by atoms with Crippen molar-refractivity contribution in [3.63, 3.8) is 0 Å². The van der Waals surface area contributed by atoms with E-state index in [0.717, 1.165) is 25.9 Å². The van der Waals surface area contributed by atoms with Gasteiger partial charge >= 0.3 is 5.97 Å². The van der Waals surface area contributed by atoms with Crippen molar-refractivity contribution < 1.29 is 14.3 Å². The Hall–Kier alpha value is -1.59. The number of hydrogen-bond acceptors (Lipinski definition) is 4. The number of anilines is 1. The van der Waals surface area contributed by atoms with Crippen molar-refractivity contribution in [1.82, 2.24) is 4.90 Å². The van der Waals surface area contributed by atoms with Gasteiger partial charge in [0.25, 0.3) is 0 Å². The predicted octanol–water partition coefficient (Wildman–Crippen LogP) is 2.41. The Morgan fingerprint density at radius 1 is 1.43 bits per heavy atom. The number of nitrogens with zero attached hydrogens (tertiary/aromatic N) is 1. The molecule has 0 saturated carbocycles. The van der Waals surface area contributed by atoms with E-state index < -0.39 is 5.97 Å². The second kappa shape index (κ2) is 6.91. The Morgan fingerprint density at radius 2 is 2.19 bits per heavy atom. The quantitative estimate of drug-likeness (QED) is 0.871. The summed E-state index contributed by atoms with van der Waals surface area (Å²) in [5, 5.41) is 3.22. The summed E-state index contributed by atoms with van der Waals surface area (Å²) in [6, 6.07) is 4.69. The van der Waals surface area contributed by atoms with Gasteiger partial charge in [0.1, 0.15) is 0 Å². The van der Waals surface area contributed by atoms with Crippen LogP contribution in [0.25, 0.3) is 0 Å². The van der Waals surface area contributed by atoms with E-state index in [1.807, 2.05) is 7.05 Å². The first-order chi connectivity index (χ1) is 10.0. The lowest BCUT2D eigenvalue weighted by Gasteiger charge is -2.28. The van der Waals surface area contributed by atoms with E-state index in [2.05, 4.69) is 15.0 Å². The number of hydrogen-bond donors (Lipinski definition) is 1. The van der Waals surface area contributed by atoms with Crippen LogP contribution in [0.1, 0.15) is 23.2 Å². The van der Waals surface area contributed by atoms with Gasteiger partial charge in [0.15, 0.2) is 0 Å². The number of amides is 1. The average molecular weight is 311 g/mol. The van der Waals surface area contributed by atoms with Gasteiger partial charge in [-0.25, -0.2) is 4.79 Å². The number of halogens is 1. The summed E-state index contributed by atoms with van der Waals surface area (Å²) in [6.45, 7) is 1.75. The van der Waals surface area contributed by atoms with Gasteiger partial charge < -0.3 is 15.0 Å². The molecule has 0 spiro atoms. The molecule has 2 rings (SSSR count). The molecule has 1 aromatic rings. The van der Waals surface area contributed by atoms with Crippen LogP contribution in [0.15, 0.2) is 18.2 Å². The van der Waals surface area contributed by atoms with E-state index in [1.165, 1.54) is 7.11 Å². The Morgan fingerprint density at radius 3 is 2.86 bits per heavy atom. The monoisotopic (exact) mass is 310 g/mol. The van der Waals surface area contributed by atoms with Crippen molar-refractivity contribution in [3.8, 4) is 0 Å². The van der Waals surface area contributed by atoms with Crippen LogP contribution >= 0.6 is 11.6 Å².